The van der Waals surface area contributed by atoms with E-state index in [4.69, 9.17) is 5.73 Å². The highest BCUT2D eigenvalue weighted by molar-refractivity contribution is 9.10. The van der Waals surface area contributed by atoms with Crippen molar-refractivity contribution in [2.24, 2.45) is 5.73 Å². The quantitative estimate of drug-likeness (QED) is 0.862. The van der Waals surface area contributed by atoms with Gasteiger partial charge in [0.15, 0.2) is 0 Å². The minimum absolute atomic E-state index is 0.253. The molecule has 2 aromatic carbocycles. The molecule has 2 rings (SSSR count). The molecule has 1 atom stereocenters. The highest BCUT2D eigenvalue weighted by Crippen LogP contribution is 2.29. The van der Waals surface area contributed by atoms with Crippen molar-refractivity contribution in [2.75, 3.05) is 0 Å². The highest BCUT2D eigenvalue weighted by atomic mass is 79.9. The molecule has 0 bridgehead atoms. The third-order valence-electron chi connectivity index (χ3n) is 3.30. The summed E-state index contributed by atoms with van der Waals surface area (Å²) >= 11 is 3.53. The van der Waals surface area contributed by atoms with E-state index in [1.807, 2.05) is 39.0 Å². The summed E-state index contributed by atoms with van der Waals surface area (Å²) in [5.41, 5.74) is 10.9. The number of halogens is 2. The van der Waals surface area contributed by atoms with Gasteiger partial charge in [-0.2, -0.15) is 0 Å². The highest BCUT2D eigenvalue weighted by Gasteiger charge is 2.15. The van der Waals surface area contributed by atoms with Gasteiger partial charge in [0.1, 0.15) is 5.82 Å². The minimum Gasteiger partial charge on any atom is -0.320 e. The average molecular weight is 322 g/mol. The maximum atomic E-state index is 13.9. The van der Waals surface area contributed by atoms with Crippen LogP contribution in [0.4, 0.5) is 4.39 Å². The third kappa shape index (κ3) is 2.88. The van der Waals surface area contributed by atoms with E-state index in [1.54, 1.807) is 6.07 Å². The molecule has 2 aromatic rings. The first-order chi connectivity index (χ1) is 8.90. The van der Waals surface area contributed by atoms with Crippen molar-refractivity contribution in [2.45, 2.75) is 26.8 Å². The number of benzene rings is 2. The van der Waals surface area contributed by atoms with Gasteiger partial charge >= 0.3 is 0 Å². The Hall–Kier alpha value is -1.19. The first kappa shape index (κ1) is 14.2. The van der Waals surface area contributed by atoms with E-state index in [9.17, 15) is 4.39 Å². The summed E-state index contributed by atoms with van der Waals surface area (Å²) in [4.78, 5) is 0. The lowest BCUT2D eigenvalue weighted by Crippen LogP contribution is -2.14. The van der Waals surface area contributed by atoms with Gasteiger partial charge in [-0.25, -0.2) is 4.39 Å². The van der Waals surface area contributed by atoms with Crippen LogP contribution in [-0.2, 0) is 0 Å². The van der Waals surface area contributed by atoms with Gasteiger partial charge in [-0.1, -0.05) is 45.8 Å². The van der Waals surface area contributed by atoms with Crippen LogP contribution in [0, 0.1) is 26.6 Å². The van der Waals surface area contributed by atoms with Gasteiger partial charge in [0.05, 0.1) is 6.04 Å². The minimum atomic E-state index is -0.439. The van der Waals surface area contributed by atoms with Crippen LogP contribution in [0.25, 0.3) is 0 Å². The van der Waals surface area contributed by atoms with E-state index in [0.29, 0.717) is 5.56 Å². The molecule has 0 radical (unpaired) electrons. The van der Waals surface area contributed by atoms with Crippen molar-refractivity contribution < 1.29 is 4.39 Å². The van der Waals surface area contributed by atoms with Crippen LogP contribution in [0.2, 0.25) is 0 Å². The van der Waals surface area contributed by atoms with Crippen molar-refractivity contribution in [3.05, 3.63) is 68.4 Å². The smallest absolute Gasteiger partial charge is 0.128 e. The van der Waals surface area contributed by atoms with E-state index in [1.165, 1.54) is 6.07 Å². The molecule has 1 unspecified atom stereocenters. The zero-order valence-corrected chi connectivity index (χ0v) is 12.9. The molecule has 0 aliphatic rings. The largest absolute Gasteiger partial charge is 0.320 e. The van der Waals surface area contributed by atoms with E-state index < -0.39 is 6.04 Å². The molecular weight excluding hydrogens is 305 g/mol. The topological polar surface area (TPSA) is 26.0 Å². The lowest BCUT2D eigenvalue weighted by Gasteiger charge is -2.16. The molecule has 0 spiro atoms. The van der Waals surface area contributed by atoms with Crippen LogP contribution in [0.5, 0.6) is 0 Å². The summed E-state index contributed by atoms with van der Waals surface area (Å²) in [7, 11) is 0. The zero-order valence-electron chi connectivity index (χ0n) is 11.3. The van der Waals surface area contributed by atoms with Gasteiger partial charge in [-0.15, -0.1) is 0 Å². The fourth-order valence-electron chi connectivity index (χ4n) is 2.24. The van der Waals surface area contributed by atoms with Crippen LogP contribution in [0.3, 0.4) is 0 Å². The van der Waals surface area contributed by atoms with E-state index in [0.717, 1.165) is 26.7 Å². The SMILES string of the molecule is Cc1ccc(F)c(C(N)c2cc(C)c(Br)c(C)c2)c1. The Morgan fingerprint density at radius 3 is 2.21 bits per heavy atom. The summed E-state index contributed by atoms with van der Waals surface area (Å²) in [5, 5.41) is 0. The number of rotatable bonds is 2. The van der Waals surface area contributed by atoms with Crippen molar-refractivity contribution in [3.63, 3.8) is 0 Å². The monoisotopic (exact) mass is 321 g/mol. The Kier molecular flexibility index (Phi) is 4.07. The van der Waals surface area contributed by atoms with Gasteiger partial charge in [-0.3, -0.25) is 0 Å². The molecule has 0 amide bonds. The molecule has 3 heteroatoms. The van der Waals surface area contributed by atoms with Crippen molar-refractivity contribution in [1.29, 1.82) is 0 Å². The first-order valence-electron chi connectivity index (χ1n) is 6.18. The molecule has 0 heterocycles. The summed E-state index contributed by atoms with van der Waals surface area (Å²) in [6, 6.07) is 8.61. The van der Waals surface area contributed by atoms with Crippen LogP contribution < -0.4 is 5.73 Å². The molecule has 0 fully saturated rings. The number of hydrogen-bond donors (Lipinski definition) is 1. The number of nitrogens with two attached hydrogens (primary N) is 1. The van der Waals surface area contributed by atoms with Crippen LogP contribution in [-0.4, -0.2) is 0 Å². The number of hydrogen-bond acceptors (Lipinski definition) is 1. The lowest BCUT2D eigenvalue weighted by atomic mass is 9.95. The summed E-state index contributed by atoms with van der Waals surface area (Å²) in [6.45, 7) is 5.97. The van der Waals surface area contributed by atoms with Gasteiger partial charge in [0.2, 0.25) is 0 Å². The van der Waals surface area contributed by atoms with Gasteiger partial charge < -0.3 is 5.73 Å². The summed E-state index contributed by atoms with van der Waals surface area (Å²) in [6.07, 6.45) is 0. The van der Waals surface area contributed by atoms with E-state index in [-0.39, 0.29) is 5.82 Å². The third-order valence-corrected chi connectivity index (χ3v) is 4.56. The molecule has 0 aliphatic heterocycles. The molecule has 0 saturated carbocycles. The standard InChI is InChI=1S/C16H17BrFN/c1-9-4-5-14(18)13(6-9)16(19)12-7-10(2)15(17)11(3)8-12/h4-8,16H,19H2,1-3H3. The second kappa shape index (κ2) is 5.43. The Morgan fingerprint density at radius 2 is 1.63 bits per heavy atom. The van der Waals surface area contributed by atoms with E-state index in [2.05, 4.69) is 15.9 Å². The molecule has 19 heavy (non-hydrogen) atoms. The number of aryl methyl sites for hydroxylation is 3. The zero-order chi connectivity index (χ0) is 14.2. The van der Waals surface area contributed by atoms with Crippen molar-refractivity contribution in [3.8, 4) is 0 Å². The molecular formula is C16H17BrFN. The van der Waals surface area contributed by atoms with Crippen LogP contribution >= 0.6 is 15.9 Å². The van der Waals surface area contributed by atoms with E-state index >= 15 is 0 Å². The summed E-state index contributed by atoms with van der Waals surface area (Å²) in [5.74, 6) is -0.253. The Balaban J connectivity index is 2.49. The first-order valence-corrected chi connectivity index (χ1v) is 6.97. The fourth-order valence-corrected chi connectivity index (χ4v) is 2.47. The van der Waals surface area contributed by atoms with Crippen molar-refractivity contribution in [1.82, 2.24) is 0 Å². The molecule has 0 aliphatic carbocycles. The average Bonchev–Trinajstić information content (AvgIpc) is 2.37. The molecule has 1 nitrogen and oxygen atoms in total. The molecule has 100 valence electrons. The normalized spacial score (nSPS) is 12.5. The predicted molar refractivity (Wildman–Crippen MR) is 80.8 cm³/mol. The predicted octanol–water partition coefficient (Wildman–Crippen LogP) is 4.56. The van der Waals surface area contributed by atoms with Gasteiger partial charge in [0.25, 0.3) is 0 Å². The molecule has 0 aromatic heterocycles. The van der Waals surface area contributed by atoms with Gasteiger partial charge in [0, 0.05) is 10.0 Å². The summed E-state index contributed by atoms with van der Waals surface area (Å²) < 4.78 is 15.0. The maximum absolute atomic E-state index is 13.9. The van der Waals surface area contributed by atoms with Crippen molar-refractivity contribution >= 4 is 15.9 Å². The second-order valence-electron chi connectivity index (χ2n) is 4.97. The molecule has 0 saturated heterocycles. The second-order valence-corrected chi connectivity index (χ2v) is 5.76. The molecule has 2 N–H and O–H groups in total. The lowest BCUT2D eigenvalue weighted by molar-refractivity contribution is 0.599. The van der Waals surface area contributed by atoms with Crippen LogP contribution in [0.1, 0.15) is 33.9 Å². The maximum Gasteiger partial charge on any atom is 0.128 e. The Morgan fingerprint density at radius 1 is 1.05 bits per heavy atom. The Bertz CT molecular complexity index is 599. The van der Waals surface area contributed by atoms with Crippen LogP contribution in [0.15, 0.2) is 34.8 Å². The fraction of sp³-hybridized carbons (Fsp3) is 0.250. The van der Waals surface area contributed by atoms with Gasteiger partial charge in [-0.05, 0) is 43.5 Å². The Labute approximate surface area is 121 Å².